The molecule has 1 saturated heterocycles. The summed E-state index contributed by atoms with van der Waals surface area (Å²) in [6.07, 6.45) is 27.9. The molecule has 1 aliphatic rings. The highest BCUT2D eigenvalue weighted by molar-refractivity contribution is 5.69. The maximum atomic E-state index is 12.3. The molecule has 0 radical (unpaired) electrons. The minimum absolute atomic E-state index is 0.0800. The van der Waals surface area contributed by atoms with E-state index in [-0.39, 0.29) is 11.9 Å². The number of ether oxygens (including phenoxy) is 2. The molecule has 0 aromatic heterocycles. The molecule has 0 atom stereocenters. The standard InChI is InChI=1S/C37H73N3O4/c1-3-5-7-9-11-13-15-17-19-23-36(41)43-33-31-40(28-22-21-27-39-29-25-35(38)26-30-39)32-34-44-37(42)24-20-18-16-14-12-10-8-6-4-2/h35H,3-34,38H2,1-2H3. The van der Waals surface area contributed by atoms with Crippen molar-refractivity contribution in [1.29, 1.82) is 0 Å². The lowest BCUT2D eigenvalue weighted by Crippen LogP contribution is -2.40. The number of likely N-dealkylation sites (tertiary alicyclic amines) is 1. The van der Waals surface area contributed by atoms with Crippen LogP contribution in [0.4, 0.5) is 0 Å². The minimum atomic E-state index is -0.0800. The number of hydrogen-bond donors (Lipinski definition) is 1. The molecule has 1 rings (SSSR count). The monoisotopic (exact) mass is 624 g/mol. The van der Waals surface area contributed by atoms with E-state index < -0.39 is 0 Å². The Balaban J connectivity index is 2.22. The van der Waals surface area contributed by atoms with E-state index in [1.165, 1.54) is 89.9 Å². The quantitative estimate of drug-likeness (QED) is 0.0613. The van der Waals surface area contributed by atoms with Crippen molar-refractivity contribution < 1.29 is 19.1 Å². The lowest BCUT2D eigenvalue weighted by molar-refractivity contribution is -0.144. The molecule has 0 aliphatic carbocycles. The second-order valence-corrected chi connectivity index (χ2v) is 13.3. The van der Waals surface area contributed by atoms with Crippen LogP contribution in [0.1, 0.15) is 168 Å². The third kappa shape index (κ3) is 26.1. The van der Waals surface area contributed by atoms with E-state index in [4.69, 9.17) is 15.2 Å². The van der Waals surface area contributed by atoms with Crippen molar-refractivity contribution in [2.24, 2.45) is 5.73 Å². The highest BCUT2D eigenvalue weighted by atomic mass is 16.5. The number of carbonyl (C=O) groups excluding carboxylic acids is 2. The van der Waals surface area contributed by atoms with Gasteiger partial charge in [0.2, 0.25) is 0 Å². The van der Waals surface area contributed by atoms with Gasteiger partial charge in [-0.05, 0) is 64.7 Å². The molecule has 0 aromatic rings. The molecule has 0 amide bonds. The molecule has 2 N–H and O–H groups in total. The first-order valence-electron chi connectivity index (χ1n) is 19.1. The number of carbonyl (C=O) groups is 2. The number of rotatable bonds is 31. The van der Waals surface area contributed by atoms with Crippen molar-refractivity contribution in [3.05, 3.63) is 0 Å². The third-order valence-corrected chi connectivity index (χ3v) is 9.14. The minimum Gasteiger partial charge on any atom is -0.464 e. The van der Waals surface area contributed by atoms with Crippen molar-refractivity contribution in [1.82, 2.24) is 9.80 Å². The third-order valence-electron chi connectivity index (χ3n) is 9.14. The highest BCUT2D eigenvalue weighted by Crippen LogP contribution is 2.13. The van der Waals surface area contributed by atoms with Gasteiger partial charge >= 0.3 is 11.9 Å². The fourth-order valence-corrected chi connectivity index (χ4v) is 6.06. The maximum absolute atomic E-state index is 12.3. The summed E-state index contributed by atoms with van der Waals surface area (Å²) in [5, 5.41) is 0. The summed E-state index contributed by atoms with van der Waals surface area (Å²) in [4.78, 5) is 29.4. The van der Waals surface area contributed by atoms with Crippen molar-refractivity contribution >= 4 is 11.9 Å². The molecular weight excluding hydrogens is 550 g/mol. The molecule has 7 nitrogen and oxygen atoms in total. The van der Waals surface area contributed by atoms with Gasteiger partial charge in [0.1, 0.15) is 13.2 Å². The second-order valence-electron chi connectivity index (χ2n) is 13.3. The SMILES string of the molecule is CCCCCCCCCCCC(=O)OCCN(CCCCN1CCC(N)CC1)CCOC(=O)CCCCCCCCCCC. The predicted molar refractivity (Wildman–Crippen MR) is 185 cm³/mol. The first-order valence-corrected chi connectivity index (χ1v) is 19.1. The van der Waals surface area contributed by atoms with E-state index in [2.05, 4.69) is 23.6 Å². The van der Waals surface area contributed by atoms with Gasteiger partial charge in [0.15, 0.2) is 0 Å². The highest BCUT2D eigenvalue weighted by Gasteiger charge is 2.16. The molecule has 0 saturated carbocycles. The second kappa shape index (κ2) is 30.5. The molecule has 0 unspecified atom stereocenters. The van der Waals surface area contributed by atoms with E-state index in [9.17, 15) is 9.59 Å². The Bertz CT molecular complexity index is 615. The number of piperidine rings is 1. The van der Waals surface area contributed by atoms with Crippen molar-refractivity contribution in [3.63, 3.8) is 0 Å². The van der Waals surface area contributed by atoms with E-state index in [1.54, 1.807) is 0 Å². The molecular formula is C37H73N3O4. The van der Waals surface area contributed by atoms with Crippen molar-refractivity contribution in [2.75, 3.05) is 52.5 Å². The van der Waals surface area contributed by atoms with Crippen LogP contribution in [0.15, 0.2) is 0 Å². The molecule has 44 heavy (non-hydrogen) atoms. The molecule has 1 aliphatic heterocycles. The molecule has 1 fully saturated rings. The fourth-order valence-electron chi connectivity index (χ4n) is 6.06. The summed E-state index contributed by atoms with van der Waals surface area (Å²) in [7, 11) is 0. The van der Waals surface area contributed by atoms with Gasteiger partial charge in [-0.3, -0.25) is 14.5 Å². The Morgan fingerprint density at radius 1 is 0.591 bits per heavy atom. The van der Waals surface area contributed by atoms with Crippen LogP contribution < -0.4 is 5.73 Å². The Morgan fingerprint density at radius 3 is 1.43 bits per heavy atom. The van der Waals surface area contributed by atoms with E-state index in [1.807, 2.05) is 0 Å². The number of unbranched alkanes of at least 4 members (excludes halogenated alkanes) is 17. The summed E-state index contributed by atoms with van der Waals surface area (Å²) >= 11 is 0. The van der Waals surface area contributed by atoms with Gasteiger partial charge in [-0.15, -0.1) is 0 Å². The summed E-state index contributed by atoms with van der Waals surface area (Å²) in [5.74, 6) is -0.160. The van der Waals surface area contributed by atoms with Crippen molar-refractivity contribution in [3.8, 4) is 0 Å². The van der Waals surface area contributed by atoms with Gasteiger partial charge in [-0.2, -0.15) is 0 Å². The van der Waals surface area contributed by atoms with Crippen LogP contribution in [0.2, 0.25) is 0 Å². The summed E-state index contributed by atoms with van der Waals surface area (Å²) in [5.41, 5.74) is 6.05. The smallest absolute Gasteiger partial charge is 0.305 e. The molecule has 7 heteroatoms. The van der Waals surface area contributed by atoms with Gasteiger partial charge in [0.05, 0.1) is 0 Å². The van der Waals surface area contributed by atoms with Crippen LogP contribution in [-0.2, 0) is 19.1 Å². The first kappa shape index (κ1) is 40.8. The zero-order valence-corrected chi connectivity index (χ0v) is 29.3. The van der Waals surface area contributed by atoms with Crippen LogP contribution in [0.3, 0.4) is 0 Å². The van der Waals surface area contributed by atoms with Crippen LogP contribution in [0.5, 0.6) is 0 Å². The summed E-state index contributed by atoms with van der Waals surface area (Å²) in [6, 6.07) is 0.368. The number of nitrogens with two attached hydrogens (primary N) is 1. The predicted octanol–water partition coefficient (Wildman–Crippen LogP) is 8.42. The van der Waals surface area contributed by atoms with Gasteiger partial charge in [-0.1, -0.05) is 117 Å². The summed E-state index contributed by atoms with van der Waals surface area (Å²) < 4.78 is 11.2. The average Bonchev–Trinajstić information content (AvgIpc) is 3.02. The summed E-state index contributed by atoms with van der Waals surface area (Å²) in [6.45, 7) is 11.0. The van der Waals surface area contributed by atoms with Gasteiger partial charge in [0, 0.05) is 32.0 Å². The topological polar surface area (TPSA) is 85.1 Å². The Hall–Kier alpha value is -1.18. The first-order chi connectivity index (χ1) is 21.5. The fraction of sp³-hybridized carbons (Fsp3) is 0.946. The van der Waals surface area contributed by atoms with E-state index >= 15 is 0 Å². The Labute approximate surface area is 272 Å². The van der Waals surface area contributed by atoms with Gasteiger partial charge in [-0.25, -0.2) is 0 Å². The largest absolute Gasteiger partial charge is 0.464 e. The van der Waals surface area contributed by atoms with Crippen LogP contribution in [0.25, 0.3) is 0 Å². The number of hydrogen-bond acceptors (Lipinski definition) is 7. The number of esters is 2. The molecule has 260 valence electrons. The van der Waals surface area contributed by atoms with Gasteiger partial charge in [0.25, 0.3) is 0 Å². The van der Waals surface area contributed by atoms with Crippen LogP contribution in [-0.4, -0.2) is 80.3 Å². The van der Waals surface area contributed by atoms with Crippen LogP contribution in [0, 0.1) is 0 Å². The Morgan fingerprint density at radius 2 is 1.00 bits per heavy atom. The number of nitrogens with zero attached hydrogens (tertiary/aromatic N) is 2. The lowest BCUT2D eigenvalue weighted by atomic mass is 10.1. The zero-order valence-electron chi connectivity index (χ0n) is 29.3. The van der Waals surface area contributed by atoms with E-state index in [0.717, 1.165) is 77.5 Å². The lowest BCUT2D eigenvalue weighted by Gasteiger charge is -2.30. The maximum Gasteiger partial charge on any atom is 0.305 e. The normalized spacial score (nSPS) is 14.4. The van der Waals surface area contributed by atoms with Crippen LogP contribution >= 0.6 is 0 Å². The van der Waals surface area contributed by atoms with Gasteiger partial charge < -0.3 is 20.1 Å². The average molecular weight is 624 g/mol. The molecule has 0 bridgehead atoms. The van der Waals surface area contributed by atoms with Crippen molar-refractivity contribution in [2.45, 2.75) is 174 Å². The molecule has 0 aromatic carbocycles. The molecule has 0 spiro atoms. The molecule has 1 heterocycles. The zero-order chi connectivity index (χ0) is 31.9. The Kier molecular flexibility index (Phi) is 28.3. The van der Waals surface area contributed by atoms with E-state index in [0.29, 0.717) is 45.2 Å².